The van der Waals surface area contributed by atoms with Crippen LogP contribution in [0.5, 0.6) is 0 Å². The average Bonchev–Trinajstić information content (AvgIpc) is 2.39. The highest BCUT2D eigenvalue weighted by molar-refractivity contribution is 6.31. The lowest BCUT2D eigenvalue weighted by atomic mass is 10.0. The van der Waals surface area contributed by atoms with Crippen molar-refractivity contribution < 1.29 is 8.78 Å². The molecular formula is C15H15ClF2. The van der Waals surface area contributed by atoms with Crippen LogP contribution in [0.3, 0.4) is 0 Å². The van der Waals surface area contributed by atoms with Gasteiger partial charge in [0.2, 0.25) is 0 Å². The lowest BCUT2D eigenvalue weighted by Gasteiger charge is -2.07. The monoisotopic (exact) mass is 268 g/mol. The topological polar surface area (TPSA) is 0 Å². The fraction of sp³-hybridized carbons (Fsp3) is 0.200. The number of halogens is 3. The molecule has 0 amide bonds. The van der Waals surface area contributed by atoms with Crippen molar-refractivity contribution in [2.75, 3.05) is 0 Å². The first-order valence-corrected chi connectivity index (χ1v) is 6.18. The van der Waals surface area contributed by atoms with E-state index < -0.39 is 11.6 Å². The number of hydrogen-bond donors (Lipinski definition) is 0. The first-order valence-electron chi connectivity index (χ1n) is 5.80. The molecule has 0 aliphatic carbocycles. The van der Waals surface area contributed by atoms with E-state index in [1.54, 1.807) is 25.1 Å². The van der Waals surface area contributed by atoms with E-state index in [-0.39, 0.29) is 16.1 Å². The first-order chi connectivity index (χ1) is 8.61. The number of benzene rings is 2. The minimum absolute atomic E-state index is 0.00148. The van der Waals surface area contributed by atoms with E-state index in [2.05, 4.69) is 0 Å². The zero-order valence-corrected chi connectivity index (χ0v) is 11.4. The van der Waals surface area contributed by atoms with E-state index in [4.69, 9.17) is 11.6 Å². The lowest BCUT2D eigenvalue weighted by molar-refractivity contribution is 0.611. The molecule has 3 heteroatoms. The molecule has 0 radical (unpaired) electrons. The van der Waals surface area contributed by atoms with Crippen molar-refractivity contribution in [2.24, 2.45) is 0 Å². The van der Waals surface area contributed by atoms with Gasteiger partial charge in [0.25, 0.3) is 0 Å². The van der Waals surface area contributed by atoms with Gasteiger partial charge in [0.15, 0.2) is 0 Å². The highest BCUT2D eigenvalue weighted by Crippen LogP contribution is 2.30. The van der Waals surface area contributed by atoms with Crippen LogP contribution in [0.4, 0.5) is 8.78 Å². The molecule has 0 bridgehead atoms. The summed E-state index contributed by atoms with van der Waals surface area (Å²) in [6, 6.07) is 9.42. The smallest absolute Gasteiger partial charge is 0.149 e. The van der Waals surface area contributed by atoms with Crippen molar-refractivity contribution in [3.05, 3.63) is 58.6 Å². The van der Waals surface area contributed by atoms with Gasteiger partial charge in [-0.25, -0.2) is 8.78 Å². The summed E-state index contributed by atoms with van der Waals surface area (Å²) in [7, 11) is 0. The Balaban J connectivity index is 0.000000771. The van der Waals surface area contributed by atoms with Gasteiger partial charge >= 0.3 is 0 Å². The van der Waals surface area contributed by atoms with Gasteiger partial charge in [-0.3, -0.25) is 0 Å². The Labute approximate surface area is 111 Å². The van der Waals surface area contributed by atoms with Gasteiger partial charge in [0, 0.05) is 11.1 Å². The van der Waals surface area contributed by atoms with Gasteiger partial charge in [0.1, 0.15) is 11.6 Å². The van der Waals surface area contributed by atoms with E-state index in [0.717, 1.165) is 0 Å². The zero-order valence-electron chi connectivity index (χ0n) is 10.6. The van der Waals surface area contributed by atoms with Crippen molar-refractivity contribution in [2.45, 2.75) is 20.8 Å². The van der Waals surface area contributed by atoms with E-state index in [1.165, 1.54) is 18.2 Å². The standard InChI is InChI=1S/C13H9ClF2.C2H6/c1-8-4-2-5-9(12(8)15)10-6-3-7-11(14)13(10)16;1-2/h2-7H,1H3;1-2H3. The fourth-order valence-corrected chi connectivity index (χ4v) is 1.74. The van der Waals surface area contributed by atoms with Crippen LogP contribution in [0.2, 0.25) is 5.02 Å². The fourth-order valence-electron chi connectivity index (χ4n) is 1.57. The second-order valence-electron chi connectivity index (χ2n) is 3.54. The second kappa shape index (κ2) is 6.50. The van der Waals surface area contributed by atoms with E-state index >= 15 is 0 Å². The van der Waals surface area contributed by atoms with Crippen LogP contribution < -0.4 is 0 Å². The summed E-state index contributed by atoms with van der Waals surface area (Å²) >= 11 is 5.66. The maximum atomic E-state index is 13.8. The van der Waals surface area contributed by atoms with Crippen molar-refractivity contribution in [1.29, 1.82) is 0 Å². The highest BCUT2D eigenvalue weighted by Gasteiger charge is 2.13. The highest BCUT2D eigenvalue weighted by atomic mass is 35.5. The largest absolute Gasteiger partial charge is 0.206 e. The Morgan fingerprint density at radius 2 is 1.33 bits per heavy atom. The molecular weight excluding hydrogens is 254 g/mol. The minimum Gasteiger partial charge on any atom is -0.206 e. The molecule has 0 heterocycles. The van der Waals surface area contributed by atoms with Crippen molar-refractivity contribution in [3.8, 4) is 11.1 Å². The Morgan fingerprint density at radius 1 is 0.833 bits per heavy atom. The Bertz CT molecular complexity index is 487. The molecule has 96 valence electrons. The minimum atomic E-state index is -0.589. The zero-order chi connectivity index (χ0) is 13.7. The summed E-state index contributed by atoms with van der Waals surface area (Å²) in [5.74, 6) is -1.00. The Kier molecular flexibility index (Phi) is 5.29. The molecule has 0 atom stereocenters. The number of hydrogen-bond acceptors (Lipinski definition) is 0. The molecule has 2 aromatic carbocycles. The third-order valence-electron chi connectivity index (χ3n) is 2.43. The molecule has 0 nitrogen and oxygen atoms in total. The molecule has 0 spiro atoms. The quantitative estimate of drug-likeness (QED) is 0.630. The van der Waals surface area contributed by atoms with Crippen LogP contribution in [-0.4, -0.2) is 0 Å². The maximum absolute atomic E-state index is 13.8. The predicted molar refractivity (Wildman–Crippen MR) is 72.9 cm³/mol. The summed E-state index contributed by atoms with van der Waals surface area (Å²) in [6.45, 7) is 5.64. The normalized spacial score (nSPS) is 9.67. The van der Waals surface area contributed by atoms with Gasteiger partial charge in [-0.1, -0.05) is 55.8 Å². The third kappa shape index (κ3) is 2.88. The molecule has 2 aromatic rings. The van der Waals surface area contributed by atoms with Crippen LogP contribution in [0.15, 0.2) is 36.4 Å². The van der Waals surface area contributed by atoms with Crippen LogP contribution in [-0.2, 0) is 0 Å². The van der Waals surface area contributed by atoms with Crippen LogP contribution in [0.25, 0.3) is 11.1 Å². The van der Waals surface area contributed by atoms with Crippen LogP contribution in [0.1, 0.15) is 19.4 Å². The van der Waals surface area contributed by atoms with Gasteiger partial charge in [0.05, 0.1) is 5.02 Å². The summed E-state index contributed by atoms with van der Waals surface area (Å²) in [6.07, 6.45) is 0. The van der Waals surface area contributed by atoms with Crippen molar-refractivity contribution in [3.63, 3.8) is 0 Å². The Morgan fingerprint density at radius 3 is 1.94 bits per heavy atom. The molecule has 0 unspecified atom stereocenters. The molecule has 2 rings (SSSR count). The van der Waals surface area contributed by atoms with E-state index in [9.17, 15) is 8.78 Å². The van der Waals surface area contributed by atoms with E-state index in [0.29, 0.717) is 5.56 Å². The van der Waals surface area contributed by atoms with Crippen molar-refractivity contribution in [1.82, 2.24) is 0 Å². The first kappa shape index (κ1) is 14.7. The summed E-state index contributed by atoms with van der Waals surface area (Å²) in [4.78, 5) is 0. The molecule has 0 saturated carbocycles. The summed E-state index contributed by atoms with van der Waals surface area (Å²) < 4.78 is 27.5. The van der Waals surface area contributed by atoms with Gasteiger partial charge in [-0.2, -0.15) is 0 Å². The summed E-state index contributed by atoms with van der Waals surface area (Å²) in [5.41, 5.74) is 0.908. The second-order valence-corrected chi connectivity index (χ2v) is 3.95. The molecule has 0 aliphatic rings. The van der Waals surface area contributed by atoms with E-state index in [1.807, 2.05) is 13.8 Å². The third-order valence-corrected chi connectivity index (χ3v) is 2.73. The molecule has 0 N–H and O–H groups in total. The van der Waals surface area contributed by atoms with Gasteiger partial charge < -0.3 is 0 Å². The predicted octanol–water partition coefficient (Wildman–Crippen LogP) is 5.62. The molecule has 0 aliphatic heterocycles. The molecule has 18 heavy (non-hydrogen) atoms. The summed E-state index contributed by atoms with van der Waals surface area (Å²) in [5, 5.41) is -0.00148. The lowest BCUT2D eigenvalue weighted by Crippen LogP contribution is -1.91. The number of rotatable bonds is 1. The maximum Gasteiger partial charge on any atom is 0.149 e. The van der Waals surface area contributed by atoms with Crippen LogP contribution >= 0.6 is 11.6 Å². The van der Waals surface area contributed by atoms with Gasteiger partial charge in [-0.05, 0) is 18.6 Å². The molecule has 0 aromatic heterocycles. The van der Waals surface area contributed by atoms with Crippen LogP contribution in [0, 0.1) is 18.6 Å². The van der Waals surface area contributed by atoms with Crippen molar-refractivity contribution >= 4 is 11.6 Å². The SMILES string of the molecule is CC.Cc1cccc(-c2cccc(Cl)c2F)c1F. The molecule has 0 fully saturated rings. The average molecular weight is 269 g/mol. The Hall–Kier alpha value is -1.41. The molecule has 0 saturated heterocycles. The number of aryl methyl sites for hydroxylation is 1. The van der Waals surface area contributed by atoms with Gasteiger partial charge in [-0.15, -0.1) is 0 Å².